The Labute approximate surface area is 109 Å². The molecule has 15 heavy (non-hydrogen) atoms. The fraction of sp³-hybridized carbons (Fsp3) is 0.900. The standard InChI is InChI=1S/C6H14.C3H6O.CHCl3.H2O/c1-3-5-6-4-2;1-3(2)4;2-1(3)4;/h3-6H2,1-2H3;1-2H3;1H;1H2. The van der Waals surface area contributed by atoms with E-state index in [1.807, 2.05) is 0 Å². The molecule has 0 fully saturated rings. The van der Waals surface area contributed by atoms with Crippen LogP contribution in [0, 0.1) is 0 Å². The lowest BCUT2D eigenvalue weighted by molar-refractivity contribution is -0.114. The first-order valence-electron chi connectivity index (χ1n) is 4.77. The molecule has 0 aromatic carbocycles. The van der Waals surface area contributed by atoms with Gasteiger partial charge in [-0.3, -0.25) is 0 Å². The summed E-state index contributed by atoms with van der Waals surface area (Å²) in [7, 11) is 0. The van der Waals surface area contributed by atoms with Crippen molar-refractivity contribution in [3.63, 3.8) is 0 Å². The van der Waals surface area contributed by atoms with Crippen LogP contribution >= 0.6 is 34.8 Å². The number of carbonyl (C=O) groups excluding carboxylic acids is 1. The molecule has 96 valence electrons. The van der Waals surface area contributed by atoms with Crippen LogP contribution in [-0.2, 0) is 4.79 Å². The highest BCUT2D eigenvalue weighted by molar-refractivity contribution is 6.63. The summed E-state index contributed by atoms with van der Waals surface area (Å²) in [5.74, 6) is 0.167. The van der Waals surface area contributed by atoms with Crippen molar-refractivity contribution in [3.8, 4) is 0 Å². The minimum atomic E-state index is -0.750. The zero-order valence-electron chi connectivity index (χ0n) is 9.95. The molecule has 0 aliphatic carbocycles. The van der Waals surface area contributed by atoms with Gasteiger partial charge < -0.3 is 10.3 Å². The van der Waals surface area contributed by atoms with Crippen molar-refractivity contribution in [2.45, 2.75) is 57.7 Å². The molecule has 0 amide bonds. The molecule has 0 aromatic rings. The highest BCUT2D eigenvalue weighted by Crippen LogP contribution is 2.03. The SMILES string of the molecule is CC(C)=O.CCCCCC.ClC(Cl)Cl.O. The van der Waals surface area contributed by atoms with Gasteiger partial charge in [-0.2, -0.15) is 0 Å². The summed E-state index contributed by atoms with van der Waals surface area (Å²) in [6, 6.07) is 0. The summed E-state index contributed by atoms with van der Waals surface area (Å²) in [6.45, 7) is 7.52. The third kappa shape index (κ3) is 185. The van der Waals surface area contributed by atoms with Gasteiger partial charge in [-0.25, -0.2) is 0 Å². The summed E-state index contributed by atoms with van der Waals surface area (Å²) in [5.41, 5.74) is 0. The van der Waals surface area contributed by atoms with E-state index < -0.39 is 4.30 Å². The van der Waals surface area contributed by atoms with Crippen LogP contribution in [0.5, 0.6) is 0 Å². The Morgan fingerprint density at radius 2 is 1.13 bits per heavy atom. The summed E-state index contributed by atoms with van der Waals surface area (Å²) < 4.78 is -0.750. The lowest BCUT2D eigenvalue weighted by Gasteiger charge is -1.86. The number of rotatable bonds is 3. The molecule has 0 aromatic heterocycles. The highest BCUT2D eigenvalue weighted by Gasteiger charge is 1.79. The molecule has 0 aliphatic heterocycles. The van der Waals surface area contributed by atoms with Gasteiger partial charge in [-0.15, -0.1) is 0 Å². The number of ketones is 1. The van der Waals surface area contributed by atoms with Gasteiger partial charge in [0.1, 0.15) is 5.78 Å². The maximum atomic E-state index is 9.44. The van der Waals surface area contributed by atoms with E-state index in [0.717, 1.165) is 0 Å². The zero-order chi connectivity index (χ0) is 12.0. The van der Waals surface area contributed by atoms with Crippen molar-refractivity contribution in [1.29, 1.82) is 0 Å². The second-order valence-corrected chi connectivity index (χ2v) is 4.84. The van der Waals surface area contributed by atoms with Crippen LogP contribution in [0.2, 0.25) is 0 Å². The maximum Gasteiger partial charge on any atom is 0.180 e. The van der Waals surface area contributed by atoms with E-state index in [2.05, 4.69) is 13.8 Å². The van der Waals surface area contributed by atoms with Crippen LogP contribution in [0.3, 0.4) is 0 Å². The molecule has 2 N–H and O–H groups in total. The molecule has 0 saturated heterocycles. The molecule has 0 bridgehead atoms. The van der Waals surface area contributed by atoms with Crippen molar-refractivity contribution in [3.05, 3.63) is 0 Å². The summed E-state index contributed by atoms with van der Waals surface area (Å²) in [6.07, 6.45) is 5.54. The van der Waals surface area contributed by atoms with E-state index in [0.29, 0.717) is 0 Å². The molecule has 0 saturated carbocycles. The molecule has 0 unspecified atom stereocenters. The first kappa shape index (κ1) is 24.6. The van der Waals surface area contributed by atoms with E-state index in [4.69, 9.17) is 34.8 Å². The van der Waals surface area contributed by atoms with Gasteiger partial charge in [0.2, 0.25) is 0 Å². The Balaban J connectivity index is -0.0000000606. The second kappa shape index (κ2) is 24.0. The van der Waals surface area contributed by atoms with Gasteiger partial charge in [0.15, 0.2) is 4.30 Å². The molecule has 5 heteroatoms. The van der Waals surface area contributed by atoms with Gasteiger partial charge in [-0.1, -0.05) is 74.3 Å². The zero-order valence-corrected chi connectivity index (χ0v) is 12.2. The fourth-order valence-corrected chi connectivity index (χ4v) is 0.500. The Morgan fingerprint density at radius 1 is 1.00 bits per heavy atom. The summed E-state index contributed by atoms with van der Waals surface area (Å²) in [5, 5.41) is 0. The Morgan fingerprint density at radius 3 is 1.20 bits per heavy atom. The molecule has 0 aliphatic rings. The minimum absolute atomic E-state index is 0. The van der Waals surface area contributed by atoms with Crippen LogP contribution in [0.1, 0.15) is 53.4 Å². The van der Waals surface area contributed by atoms with E-state index in [9.17, 15) is 4.79 Å². The number of unbranched alkanes of at least 4 members (excludes halogenated alkanes) is 3. The third-order valence-electron chi connectivity index (χ3n) is 0.957. The molecule has 0 spiro atoms. The van der Waals surface area contributed by atoms with Crippen molar-refractivity contribution in [2.75, 3.05) is 0 Å². The minimum Gasteiger partial charge on any atom is -0.412 e. The lowest BCUT2D eigenvalue weighted by atomic mass is 10.2. The van der Waals surface area contributed by atoms with E-state index >= 15 is 0 Å². The fourth-order valence-electron chi connectivity index (χ4n) is 0.500. The Hall–Kier alpha value is 0.500. The molecule has 2 nitrogen and oxygen atoms in total. The van der Waals surface area contributed by atoms with Crippen LogP contribution in [-0.4, -0.2) is 15.6 Å². The first-order chi connectivity index (χ1) is 6.38. The predicted molar refractivity (Wildman–Crippen MR) is 71.1 cm³/mol. The Bertz CT molecular complexity index is 98.1. The number of Topliss-reactive ketones (excluding diaryl/α,β-unsaturated/α-hetero) is 1. The number of hydrogen-bond acceptors (Lipinski definition) is 1. The highest BCUT2D eigenvalue weighted by atomic mass is 35.6. The maximum absolute atomic E-state index is 9.44. The van der Waals surface area contributed by atoms with Gasteiger partial charge in [0, 0.05) is 0 Å². The van der Waals surface area contributed by atoms with Gasteiger partial charge >= 0.3 is 0 Å². The monoisotopic (exact) mass is 280 g/mol. The van der Waals surface area contributed by atoms with Crippen molar-refractivity contribution < 1.29 is 10.3 Å². The normalized spacial score (nSPS) is 7.73. The summed E-state index contributed by atoms with van der Waals surface area (Å²) in [4.78, 5) is 9.44. The molecular weight excluding hydrogens is 258 g/mol. The lowest BCUT2D eigenvalue weighted by Crippen LogP contribution is -1.69. The number of hydrogen-bond donors (Lipinski definition) is 0. The third-order valence-corrected chi connectivity index (χ3v) is 0.957. The predicted octanol–water partition coefficient (Wildman–Crippen LogP) is 4.34. The van der Waals surface area contributed by atoms with Gasteiger partial charge in [0.05, 0.1) is 0 Å². The van der Waals surface area contributed by atoms with Crippen LogP contribution in [0.4, 0.5) is 0 Å². The average Bonchev–Trinajstić information content (AvgIpc) is 1.98. The van der Waals surface area contributed by atoms with E-state index in [-0.39, 0.29) is 11.3 Å². The van der Waals surface area contributed by atoms with Crippen molar-refractivity contribution in [2.24, 2.45) is 0 Å². The average molecular weight is 282 g/mol. The van der Waals surface area contributed by atoms with Gasteiger partial charge in [-0.05, 0) is 13.8 Å². The van der Waals surface area contributed by atoms with Crippen LogP contribution in [0.15, 0.2) is 0 Å². The van der Waals surface area contributed by atoms with Gasteiger partial charge in [0.25, 0.3) is 0 Å². The smallest absolute Gasteiger partial charge is 0.180 e. The Kier molecular flexibility index (Phi) is 39.4. The number of halogens is 3. The largest absolute Gasteiger partial charge is 0.412 e. The van der Waals surface area contributed by atoms with Crippen LogP contribution < -0.4 is 0 Å². The van der Waals surface area contributed by atoms with Crippen molar-refractivity contribution >= 4 is 40.6 Å². The second-order valence-electron chi connectivity index (χ2n) is 2.86. The quantitative estimate of drug-likeness (QED) is 0.560. The van der Waals surface area contributed by atoms with E-state index in [1.54, 1.807) is 0 Å². The van der Waals surface area contributed by atoms with E-state index in [1.165, 1.54) is 39.5 Å². The topological polar surface area (TPSA) is 48.6 Å². The molecule has 0 rings (SSSR count). The molecule has 0 atom stereocenters. The van der Waals surface area contributed by atoms with Crippen LogP contribution in [0.25, 0.3) is 0 Å². The molecule has 0 radical (unpaired) electrons. The van der Waals surface area contributed by atoms with Crippen molar-refractivity contribution in [1.82, 2.24) is 0 Å². The number of alkyl halides is 3. The first-order valence-corrected chi connectivity index (χ1v) is 6.08. The summed E-state index contributed by atoms with van der Waals surface area (Å²) >= 11 is 14.4. The number of carbonyl (C=O) groups is 1. The molecular formula is C10H23Cl3O2. The molecule has 0 heterocycles.